The second-order valence-electron chi connectivity index (χ2n) is 6.51. The van der Waals surface area contributed by atoms with E-state index in [4.69, 9.17) is 4.74 Å². The zero-order chi connectivity index (χ0) is 15.8. The van der Waals surface area contributed by atoms with Crippen molar-refractivity contribution < 1.29 is 19.3 Å². The summed E-state index contributed by atoms with van der Waals surface area (Å²) in [5, 5.41) is 0. The molecule has 0 aromatic heterocycles. The number of ketones is 1. The van der Waals surface area contributed by atoms with Crippen molar-refractivity contribution in [3.05, 3.63) is 29.8 Å². The zero-order valence-electron chi connectivity index (χ0n) is 14.0. The van der Waals surface area contributed by atoms with Crippen molar-refractivity contribution in [1.82, 2.24) is 0 Å². The lowest BCUT2D eigenvalue weighted by molar-refractivity contribution is -1.00. The third-order valence-corrected chi connectivity index (χ3v) is 4.44. The van der Waals surface area contributed by atoms with Crippen molar-refractivity contribution in [2.75, 3.05) is 46.4 Å². The predicted octanol–water partition coefficient (Wildman–Crippen LogP) is -0.610. The molecule has 1 aromatic carbocycles. The summed E-state index contributed by atoms with van der Waals surface area (Å²) < 4.78 is 5.81. The average molecular weight is 306 g/mol. The van der Waals surface area contributed by atoms with Gasteiger partial charge in [0.25, 0.3) is 0 Å². The number of benzene rings is 1. The minimum atomic E-state index is 0.244. The van der Waals surface area contributed by atoms with Crippen LogP contribution in [0.2, 0.25) is 0 Å². The molecule has 0 saturated carbocycles. The van der Waals surface area contributed by atoms with Gasteiger partial charge in [-0.05, 0) is 31.0 Å². The number of likely N-dealkylation sites (N-methyl/N-ethyl adjacent to an activating group) is 1. The van der Waals surface area contributed by atoms with Crippen molar-refractivity contribution in [2.24, 2.45) is 0 Å². The molecule has 1 aliphatic rings. The van der Waals surface area contributed by atoms with E-state index >= 15 is 0 Å². The lowest BCUT2D eigenvalue weighted by atomic mass is 10.1. The number of quaternary nitrogens is 2. The van der Waals surface area contributed by atoms with E-state index in [9.17, 15) is 4.79 Å². The standard InChI is InChI=1S/C18H28N2O2/c1-16(21)4-5-17-6-8-18(9-7-17)22-15-3-10-20-13-11-19(2)12-14-20/h6-9H,3-5,10-15H2,1-2H3/p+2. The average Bonchev–Trinajstić information content (AvgIpc) is 2.52. The van der Waals surface area contributed by atoms with Gasteiger partial charge < -0.3 is 19.3 Å². The molecule has 1 saturated heterocycles. The SMILES string of the molecule is CC(=O)CCc1ccc(OCCC[NH+]2CC[NH+](C)CC2)cc1. The van der Waals surface area contributed by atoms with Gasteiger partial charge in [-0.15, -0.1) is 0 Å². The van der Waals surface area contributed by atoms with E-state index in [1.54, 1.807) is 16.7 Å². The molecular weight excluding hydrogens is 276 g/mol. The van der Waals surface area contributed by atoms with Gasteiger partial charge >= 0.3 is 0 Å². The smallest absolute Gasteiger partial charge is 0.130 e. The Morgan fingerprint density at radius 1 is 1.14 bits per heavy atom. The van der Waals surface area contributed by atoms with Crippen molar-refractivity contribution in [3.63, 3.8) is 0 Å². The molecule has 0 amide bonds. The fourth-order valence-electron chi connectivity index (χ4n) is 2.87. The maximum absolute atomic E-state index is 11.0. The van der Waals surface area contributed by atoms with Crippen LogP contribution >= 0.6 is 0 Å². The van der Waals surface area contributed by atoms with Crippen LogP contribution in [0.5, 0.6) is 5.75 Å². The van der Waals surface area contributed by atoms with Crippen LogP contribution in [-0.2, 0) is 11.2 Å². The van der Waals surface area contributed by atoms with Crippen molar-refractivity contribution in [3.8, 4) is 5.75 Å². The van der Waals surface area contributed by atoms with Gasteiger partial charge in [-0.1, -0.05) is 12.1 Å². The van der Waals surface area contributed by atoms with Crippen molar-refractivity contribution >= 4 is 5.78 Å². The second-order valence-corrected chi connectivity index (χ2v) is 6.51. The summed E-state index contributed by atoms with van der Waals surface area (Å²) in [4.78, 5) is 14.4. The summed E-state index contributed by atoms with van der Waals surface area (Å²) in [6.45, 7) is 8.80. The van der Waals surface area contributed by atoms with E-state index in [1.807, 2.05) is 12.1 Å². The van der Waals surface area contributed by atoms with E-state index < -0.39 is 0 Å². The van der Waals surface area contributed by atoms with E-state index in [-0.39, 0.29) is 5.78 Å². The molecule has 2 rings (SSSR count). The molecule has 122 valence electrons. The number of carbonyl (C=O) groups excluding carboxylic acids is 1. The molecule has 1 aromatic rings. The molecule has 0 aliphatic carbocycles. The first-order valence-electron chi connectivity index (χ1n) is 8.49. The van der Waals surface area contributed by atoms with E-state index in [2.05, 4.69) is 19.2 Å². The number of rotatable bonds is 8. The normalized spacial score (nSPS) is 21.5. The summed E-state index contributed by atoms with van der Waals surface area (Å²) in [5.74, 6) is 1.18. The maximum Gasteiger partial charge on any atom is 0.130 e. The molecule has 1 heterocycles. The number of hydrogen-bond donors (Lipinski definition) is 2. The number of Topliss-reactive ketones (excluding diaryl/α,β-unsaturated/α-hetero) is 1. The predicted molar refractivity (Wildman–Crippen MR) is 87.7 cm³/mol. The molecule has 22 heavy (non-hydrogen) atoms. The Kier molecular flexibility index (Phi) is 6.87. The topological polar surface area (TPSA) is 35.2 Å². The zero-order valence-corrected chi connectivity index (χ0v) is 14.0. The molecule has 0 radical (unpaired) electrons. The van der Waals surface area contributed by atoms with Crippen LogP contribution in [0, 0.1) is 0 Å². The van der Waals surface area contributed by atoms with Gasteiger partial charge in [-0.3, -0.25) is 0 Å². The summed E-state index contributed by atoms with van der Waals surface area (Å²) >= 11 is 0. The Morgan fingerprint density at radius 2 is 1.82 bits per heavy atom. The van der Waals surface area contributed by atoms with Gasteiger partial charge in [0.1, 0.15) is 37.7 Å². The molecule has 0 atom stereocenters. The van der Waals surface area contributed by atoms with E-state index in [1.165, 1.54) is 38.3 Å². The minimum absolute atomic E-state index is 0.244. The highest BCUT2D eigenvalue weighted by Crippen LogP contribution is 2.13. The fraction of sp³-hybridized carbons (Fsp3) is 0.611. The first-order valence-corrected chi connectivity index (χ1v) is 8.49. The molecule has 0 spiro atoms. The largest absolute Gasteiger partial charge is 0.493 e. The van der Waals surface area contributed by atoms with Crippen LogP contribution in [0.3, 0.4) is 0 Å². The molecule has 4 nitrogen and oxygen atoms in total. The summed E-state index contributed by atoms with van der Waals surface area (Å²) in [5.41, 5.74) is 1.20. The highest BCUT2D eigenvalue weighted by molar-refractivity contribution is 5.75. The van der Waals surface area contributed by atoms with Crippen LogP contribution in [0.4, 0.5) is 0 Å². The highest BCUT2D eigenvalue weighted by atomic mass is 16.5. The second kappa shape index (κ2) is 8.91. The Hall–Kier alpha value is -1.39. The van der Waals surface area contributed by atoms with Gasteiger partial charge in [0.05, 0.1) is 20.2 Å². The first-order chi connectivity index (χ1) is 10.6. The summed E-state index contributed by atoms with van der Waals surface area (Å²) in [7, 11) is 2.28. The quantitative estimate of drug-likeness (QED) is 0.629. The first kappa shape index (κ1) is 17.0. The van der Waals surface area contributed by atoms with E-state index in [0.29, 0.717) is 6.42 Å². The lowest BCUT2D eigenvalue weighted by Crippen LogP contribution is -3.27. The number of nitrogens with one attached hydrogen (secondary N) is 2. The Balaban J connectivity index is 1.61. The molecule has 4 heteroatoms. The lowest BCUT2D eigenvalue weighted by Gasteiger charge is -2.27. The Bertz CT molecular complexity index is 451. The van der Waals surface area contributed by atoms with Gasteiger partial charge in [-0.25, -0.2) is 0 Å². The fourth-order valence-corrected chi connectivity index (χ4v) is 2.87. The summed E-state index contributed by atoms with van der Waals surface area (Å²) in [6.07, 6.45) is 2.56. The van der Waals surface area contributed by atoms with E-state index in [0.717, 1.165) is 25.2 Å². The van der Waals surface area contributed by atoms with Crippen molar-refractivity contribution in [2.45, 2.75) is 26.2 Å². The van der Waals surface area contributed by atoms with Gasteiger partial charge in [0.15, 0.2) is 0 Å². The van der Waals surface area contributed by atoms with Gasteiger partial charge in [0.2, 0.25) is 0 Å². The van der Waals surface area contributed by atoms with Gasteiger partial charge in [0, 0.05) is 12.8 Å². The number of hydrogen-bond acceptors (Lipinski definition) is 2. The molecule has 1 aliphatic heterocycles. The molecular formula is C18H30N2O2+2. The molecule has 1 fully saturated rings. The van der Waals surface area contributed by atoms with Crippen LogP contribution in [0.1, 0.15) is 25.3 Å². The third kappa shape index (κ3) is 6.16. The summed E-state index contributed by atoms with van der Waals surface area (Å²) in [6, 6.07) is 8.16. The third-order valence-electron chi connectivity index (χ3n) is 4.44. The number of carbonyl (C=O) groups is 1. The molecule has 0 bridgehead atoms. The monoisotopic (exact) mass is 306 g/mol. The van der Waals surface area contributed by atoms with Gasteiger partial charge in [-0.2, -0.15) is 0 Å². The number of ether oxygens (including phenoxy) is 1. The Labute approximate surface area is 134 Å². The number of piperazine rings is 1. The van der Waals surface area contributed by atoms with Crippen LogP contribution in [0.15, 0.2) is 24.3 Å². The number of aryl methyl sites for hydroxylation is 1. The van der Waals surface area contributed by atoms with Crippen molar-refractivity contribution in [1.29, 1.82) is 0 Å². The highest BCUT2D eigenvalue weighted by Gasteiger charge is 2.18. The molecule has 0 unspecified atom stereocenters. The molecule has 2 N–H and O–H groups in total. The van der Waals surface area contributed by atoms with Crippen LogP contribution in [0.25, 0.3) is 0 Å². The Morgan fingerprint density at radius 3 is 2.45 bits per heavy atom. The van der Waals surface area contributed by atoms with Crippen LogP contribution in [-0.4, -0.2) is 52.2 Å². The maximum atomic E-state index is 11.0. The minimum Gasteiger partial charge on any atom is -0.493 e. The van der Waals surface area contributed by atoms with Crippen LogP contribution < -0.4 is 14.5 Å².